The molecule has 0 radical (unpaired) electrons. The normalized spacial score (nSPS) is 10.6. The minimum absolute atomic E-state index is 0.183. The maximum atomic E-state index is 11.9. The van der Waals surface area contributed by atoms with E-state index >= 15 is 0 Å². The summed E-state index contributed by atoms with van der Waals surface area (Å²) in [6.45, 7) is 5.57. The molecule has 0 saturated heterocycles. The van der Waals surface area contributed by atoms with Gasteiger partial charge in [-0.05, 0) is 53.8 Å². The lowest BCUT2D eigenvalue weighted by atomic mass is 10.0. The SMILES string of the molecule is COc1ccc(CNC(=O)COC(=O)COc2cc(C)c(Cl)cc2C(C)C)cc1. The van der Waals surface area contributed by atoms with E-state index < -0.39 is 5.97 Å². The highest BCUT2D eigenvalue weighted by Gasteiger charge is 2.14. The van der Waals surface area contributed by atoms with Crippen LogP contribution >= 0.6 is 11.6 Å². The number of halogens is 1. The zero-order valence-corrected chi connectivity index (χ0v) is 17.8. The van der Waals surface area contributed by atoms with Crippen LogP contribution in [0.15, 0.2) is 36.4 Å². The number of ether oxygens (including phenoxy) is 3. The van der Waals surface area contributed by atoms with Gasteiger partial charge in [0.2, 0.25) is 0 Å². The van der Waals surface area contributed by atoms with E-state index in [4.69, 9.17) is 25.8 Å². The fourth-order valence-electron chi connectivity index (χ4n) is 2.57. The van der Waals surface area contributed by atoms with Crippen molar-refractivity contribution in [1.29, 1.82) is 0 Å². The zero-order chi connectivity index (χ0) is 21.4. The lowest BCUT2D eigenvalue weighted by molar-refractivity contribution is -0.150. The minimum Gasteiger partial charge on any atom is -0.497 e. The number of methoxy groups -OCH3 is 1. The number of carbonyl (C=O) groups excluding carboxylic acids is 2. The monoisotopic (exact) mass is 419 g/mol. The van der Waals surface area contributed by atoms with Gasteiger partial charge >= 0.3 is 5.97 Å². The smallest absolute Gasteiger partial charge is 0.344 e. The van der Waals surface area contributed by atoms with E-state index in [1.165, 1.54) is 0 Å². The number of esters is 1. The third-order valence-corrected chi connectivity index (χ3v) is 4.68. The highest BCUT2D eigenvalue weighted by atomic mass is 35.5. The van der Waals surface area contributed by atoms with E-state index in [0.29, 0.717) is 17.3 Å². The summed E-state index contributed by atoms with van der Waals surface area (Å²) in [4.78, 5) is 23.8. The van der Waals surface area contributed by atoms with E-state index in [0.717, 1.165) is 22.4 Å². The second-order valence-electron chi connectivity index (χ2n) is 6.87. The minimum atomic E-state index is -0.619. The summed E-state index contributed by atoms with van der Waals surface area (Å²) in [5.41, 5.74) is 2.68. The summed E-state index contributed by atoms with van der Waals surface area (Å²) in [5, 5.41) is 3.34. The molecular formula is C22H26ClNO5. The van der Waals surface area contributed by atoms with Crippen molar-refractivity contribution in [2.45, 2.75) is 33.2 Å². The number of nitrogens with one attached hydrogen (secondary N) is 1. The maximum absolute atomic E-state index is 11.9. The van der Waals surface area contributed by atoms with Gasteiger partial charge in [0.05, 0.1) is 7.11 Å². The van der Waals surface area contributed by atoms with Gasteiger partial charge in [-0.25, -0.2) is 4.79 Å². The Morgan fingerprint density at radius 1 is 1.10 bits per heavy atom. The molecule has 0 saturated carbocycles. The molecule has 2 aromatic carbocycles. The van der Waals surface area contributed by atoms with Crippen molar-refractivity contribution >= 4 is 23.5 Å². The highest BCUT2D eigenvalue weighted by Crippen LogP contribution is 2.31. The van der Waals surface area contributed by atoms with Crippen molar-refractivity contribution in [3.05, 3.63) is 58.1 Å². The highest BCUT2D eigenvalue weighted by molar-refractivity contribution is 6.31. The molecule has 0 heterocycles. The van der Waals surface area contributed by atoms with Gasteiger partial charge in [-0.15, -0.1) is 0 Å². The molecule has 1 N–H and O–H groups in total. The van der Waals surface area contributed by atoms with Gasteiger partial charge in [0.25, 0.3) is 5.91 Å². The van der Waals surface area contributed by atoms with Gasteiger partial charge in [-0.2, -0.15) is 0 Å². The standard InChI is InChI=1S/C22H26ClNO5/c1-14(2)18-10-19(23)15(3)9-20(18)28-13-22(26)29-12-21(25)24-11-16-5-7-17(27-4)8-6-16/h5-10,14H,11-13H2,1-4H3,(H,24,25). The first kappa shape index (κ1) is 22.6. The topological polar surface area (TPSA) is 73.9 Å². The van der Waals surface area contributed by atoms with E-state index in [2.05, 4.69) is 5.32 Å². The fraction of sp³-hybridized carbons (Fsp3) is 0.364. The van der Waals surface area contributed by atoms with Gasteiger partial charge in [0, 0.05) is 11.6 Å². The van der Waals surface area contributed by atoms with Gasteiger partial charge in [-0.1, -0.05) is 37.6 Å². The summed E-state index contributed by atoms with van der Waals surface area (Å²) in [6, 6.07) is 10.9. The van der Waals surface area contributed by atoms with Crippen molar-refractivity contribution in [3.63, 3.8) is 0 Å². The molecule has 2 aromatic rings. The number of benzene rings is 2. The third-order valence-electron chi connectivity index (χ3n) is 4.27. The first-order chi connectivity index (χ1) is 13.8. The van der Waals surface area contributed by atoms with Gasteiger partial charge in [0.1, 0.15) is 11.5 Å². The second kappa shape index (κ2) is 10.7. The van der Waals surface area contributed by atoms with Crippen LogP contribution in [0.4, 0.5) is 0 Å². The third kappa shape index (κ3) is 6.98. The Hall–Kier alpha value is -2.73. The Morgan fingerprint density at radius 3 is 2.41 bits per heavy atom. The van der Waals surface area contributed by atoms with Crippen molar-refractivity contribution in [2.75, 3.05) is 20.3 Å². The zero-order valence-electron chi connectivity index (χ0n) is 17.1. The van der Waals surface area contributed by atoms with Crippen LogP contribution in [-0.2, 0) is 20.9 Å². The molecule has 0 spiro atoms. The molecule has 2 rings (SSSR count). The molecule has 0 unspecified atom stereocenters. The number of carbonyl (C=O) groups is 2. The van der Waals surface area contributed by atoms with Crippen LogP contribution in [0.3, 0.4) is 0 Å². The van der Waals surface area contributed by atoms with Crippen molar-refractivity contribution < 1.29 is 23.8 Å². The lowest BCUT2D eigenvalue weighted by Crippen LogP contribution is -2.29. The van der Waals surface area contributed by atoms with Crippen LogP contribution in [0.1, 0.15) is 36.5 Å². The molecule has 6 nitrogen and oxygen atoms in total. The molecule has 0 aliphatic carbocycles. The Kier molecular flexibility index (Phi) is 8.34. The number of hydrogen-bond donors (Lipinski definition) is 1. The molecule has 1 amide bonds. The van der Waals surface area contributed by atoms with E-state index in [9.17, 15) is 9.59 Å². The molecule has 0 aliphatic heterocycles. The van der Waals surface area contributed by atoms with Crippen molar-refractivity contribution in [2.24, 2.45) is 0 Å². The fourth-order valence-corrected chi connectivity index (χ4v) is 2.74. The molecule has 0 bridgehead atoms. The van der Waals surface area contributed by atoms with Crippen LogP contribution < -0.4 is 14.8 Å². The molecule has 0 fully saturated rings. The van der Waals surface area contributed by atoms with Gasteiger partial charge in [0.15, 0.2) is 13.2 Å². The van der Waals surface area contributed by atoms with Crippen LogP contribution in [0.5, 0.6) is 11.5 Å². The number of rotatable bonds is 9. The van der Waals surface area contributed by atoms with Crippen LogP contribution in [-0.4, -0.2) is 32.2 Å². The summed E-state index contributed by atoms with van der Waals surface area (Å²) in [7, 11) is 1.59. The summed E-state index contributed by atoms with van der Waals surface area (Å²) in [6.07, 6.45) is 0. The Labute approximate surface area is 176 Å². The largest absolute Gasteiger partial charge is 0.497 e. The maximum Gasteiger partial charge on any atom is 0.344 e. The van der Waals surface area contributed by atoms with Crippen LogP contribution in [0.2, 0.25) is 5.02 Å². The number of amides is 1. The molecule has 29 heavy (non-hydrogen) atoms. The molecule has 0 atom stereocenters. The summed E-state index contributed by atoms with van der Waals surface area (Å²) < 4.78 is 15.7. The quantitative estimate of drug-likeness (QED) is 0.621. The van der Waals surface area contributed by atoms with Crippen LogP contribution in [0.25, 0.3) is 0 Å². The summed E-state index contributed by atoms with van der Waals surface area (Å²) in [5.74, 6) is 0.502. The number of aryl methyl sites for hydroxylation is 1. The van der Waals surface area contributed by atoms with Crippen LogP contribution in [0, 0.1) is 6.92 Å². The molecule has 0 aliphatic rings. The summed E-state index contributed by atoms with van der Waals surface area (Å²) >= 11 is 6.17. The average molecular weight is 420 g/mol. The Morgan fingerprint density at radius 2 is 1.79 bits per heavy atom. The Balaban J connectivity index is 1.78. The molecule has 0 aromatic heterocycles. The van der Waals surface area contributed by atoms with E-state index in [-0.39, 0.29) is 25.0 Å². The predicted molar refractivity (Wildman–Crippen MR) is 112 cm³/mol. The predicted octanol–water partition coefficient (Wildman–Crippen LogP) is 4.02. The number of hydrogen-bond acceptors (Lipinski definition) is 5. The second-order valence-corrected chi connectivity index (χ2v) is 7.28. The molecular weight excluding hydrogens is 394 g/mol. The lowest BCUT2D eigenvalue weighted by Gasteiger charge is -2.15. The molecule has 156 valence electrons. The van der Waals surface area contributed by atoms with Crippen molar-refractivity contribution in [1.82, 2.24) is 5.32 Å². The van der Waals surface area contributed by atoms with Gasteiger partial charge in [-0.3, -0.25) is 4.79 Å². The van der Waals surface area contributed by atoms with Gasteiger partial charge < -0.3 is 19.5 Å². The average Bonchev–Trinajstić information content (AvgIpc) is 2.71. The first-order valence-electron chi connectivity index (χ1n) is 9.28. The van der Waals surface area contributed by atoms with E-state index in [1.54, 1.807) is 13.2 Å². The first-order valence-corrected chi connectivity index (χ1v) is 9.66. The van der Waals surface area contributed by atoms with E-state index in [1.807, 2.05) is 51.1 Å². The molecule has 7 heteroatoms. The Bertz CT molecular complexity index is 849. The van der Waals surface area contributed by atoms with Crippen molar-refractivity contribution in [3.8, 4) is 11.5 Å².